The Morgan fingerprint density at radius 1 is 1.67 bits per heavy atom. The molecule has 1 aromatic heterocycles. The van der Waals surface area contributed by atoms with E-state index >= 15 is 0 Å². The number of rotatable bonds is 2. The summed E-state index contributed by atoms with van der Waals surface area (Å²) in [6.45, 7) is 0. The first-order valence-electron chi connectivity index (χ1n) is 3.06. The van der Waals surface area contributed by atoms with Crippen molar-refractivity contribution in [3.05, 3.63) is 6.07 Å². The summed E-state index contributed by atoms with van der Waals surface area (Å²) >= 11 is 0. The van der Waals surface area contributed by atoms with Crippen LogP contribution in [0, 0.1) is 0 Å². The molecule has 68 valence electrons. The van der Waals surface area contributed by atoms with Crippen molar-refractivity contribution in [2.45, 2.75) is 5.03 Å². The van der Waals surface area contributed by atoms with Crippen LogP contribution in [0.2, 0.25) is 0 Å². The van der Waals surface area contributed by atoms with Gasteiger partial charge in [0, 0.05) is 13.1 Å². The van der Waals surface area contributed by atoms with E-state index in [4.69, 9.17) is 9.88 Å². The van der Waals surface area contributed by atoms with Crippen LogP contribution in [0.25, 0.3) is 0 Å². The summed E-state index contributed by atoms with van der Waals surface area (Å²) in [4.78, 5) is 0. The number of methoxy groups -OCH3 is 1. The minimum atomic E-state index is -3.70. The maximum absolute atomic E-state index is 10.8. The molecule has 1 heterocycles. The van der Waals surface area contributed by atoms with Gasteiger partial charge in [-0.25, -0.2) is 13.6 Å². The van der Waals surface area contributed by atoms with Gasteiger partial charge in [0.1, 0.15) is 0 Å². The summed E-state index contributed by atoms with van der Waals surface area (Å²) < 4.78 is 27.6. The van der Waals surface area contributed by atoms with Crippen molar-refractivity contribution < 1.29 is 13.2 Å². The van der Waals surface area contributed by atoms with E-state index in [1.165, 1.54) is 20.2 Å². The molecule has 6 nitrogen and oxygen atoms in total. The van der Waals surface area contributed by atoms with Crippen molar-refractivity contribution in [1.29, 1.82) is 0 Å². The Bertz CT molecular complexity index is 381. The molecule has 2 N–H and O–H groups in total. The zero-order valence-corrected chi connectivity index (χ0v) is 7.50. The predicted molar refractivity (Wildman–Crippen MR) is 41.1 cm³/mol. The Kier molecular flexibility index (Phi) is 2.07. The minimum absolute atomic E-state index is 0.0700. The van der Waals surface area contributed by atoms with Gasteiger partial charge in [0.15, 0.2) is 5.03 Å². The lowest BCUT2D eigenvalue weighted by Crippen LogP contribution is -2.16. The number of aryl methyl sites for hydroxylation is 1. The monoisotopic (exact) mass is 191 g/mol. The van der Waals surface area contributed by atoms with E-state index < -0.39 is 10.0 Å². The fraction of sp³-hybridized carbons (Fsp3) is 0.400. The molecule has 0 fully saturated rings. The smallest absolute Gasteiger partial charge is 0.255 e. The summed E-state index contributed by atoms with van der Waals surface area (Å²) in [5, 5.41) is 8.54. The molecule has 0 aromatic carbocycles. The quantitative estimate of drug-likeness (QED) is 0.654. The van der Waals surface area contributed by atoms with Crippen LogP contribution in [0.3, 0.4) is 0 Å². The molecule has 0 saturated carbocycles. The number of hydrogen-bond acceptors (Lipinski definition) is 4. The molecule has 0 spiro atoms. The summed E-state index contributed by atoms with van der Waals surface area (Å²) in [6.07, 6.45) is 0. The van der Waals surface area contributed by atoms with Gasteiger partial charge in [-0.15, -0.1) is 5.10 Å². The molecule has 0 unspecified atom stereocenters. The van der Waals surface area contributed by atoms with Crippen molar-refractivity contribution in [3.8, 4) is 5.88 Å². The van der Waals surface area contributed by atoms with Crippen LogP contribution in [0.5, 0.6) is 5.88 Å². The second-order valence-electron chi connectivity index (χ2n) is 2.19. The zero-order valence-electron chi connectivity index (χ0n) is 6.68. The highest BCUT2D eigenvalue weighted by molar-refractivity contribution is 7.89. The topological polar surface area (TPSA) is 87.2 Å². The van der Waals surface area contributed by atoms with Gasteiger partial charge in [-0.3, -0.25) is 4.68 Å². The van der Waals surface area contributed by atoms with E-state index in [0.29, 0.717) is 0 Å². The van der Waals surface area contributed by atoms with Crippen molar-refractivity contribution in [1.82, 2.24) is 9.78 Å². The Hall–Kier alpha value is -1.08. The number of primary sulfonamides is 1. The molecule has 0 bridgehead atoms. The minimum Gasteiger partial charge on any atom is -0.480 e. The Balaban J connectivity index is 3.27. The lowest BCUT2D eigenvalue weighted by molar-refractivity contribution is 0.391. The average Bonchev–Trinajstić information content (AvgIpc) is 2.29. The van der Waals surface area contributed by atoms with Gasteiger partial charge in [0.25, 0.3) is 10.0 Å². The third-order valence-electron chi connectivity index (χ3n) is 1.32. The fourth-order valence-electron chi connectivity index (χ4n) is 0.791. The lowest BCUT2D eigenvalue weighted by atomic mass is 10.7. The molecule has 0 saturated heterocycles. The molecule has 7 heteroatoms. The molecule has 0 aliphatic heterocycles. The Labute approximate surface area is 70.0 Å². The normalized spacial score (nSPS) is 11.6. The second kappa shape index (κ2) is 2.76. The standard InChI is InChI=1S/C5H9N3O3S/c1-8-5(12(6,9)10)3-4(7-8)11-2/h3H,1-2H3,(H2,6,9,10). The van der Waals surface area contributed by atoms with Crippen LogP contribution >= 0.6 is 0 Å². The second-order valence-corrected chi connectivity index (χ2v) is 3.70. The summed E-state index contributed by atoms with van der Waals surface area (Å²) in [5.41, 5.74) is 0. The van der Waals surface area contributed by atoms with E-state index in [1.54, 1.807) is 0 Å². The molecule has 0 aliphatic carbocycles. The number of nitrogens with two attached hydrogens (primary N) is 1. The van der Waals surface area contributed by atoms with Gasteiger partial charge in [-0.2, -0.15) is 0 Å². The van der Waals surface area contributed by atoms with Crippen molar-refractivity contribution in [3.63, 3.8) is 0 Å². The maximum atomic E-state index is 10.8. The summed E-state index contributed by atoms with van der Waals surface area (Å²) in [7, 11) is -0.830. The van der Waals surface area contributed by atoms with Gasteiger partial charge in [0.05, 0.1) is 7.11 Å². The third kappa shape index (κ3) is 1.56. The average molecular weight is 191 g/mol. The highest BCUT2D eigenvalue weighted by Gasteiger charge is 2.15. The SMILES string of the molecule is COc1cc(S(N)(=O)=O)n(C)n1. The maximum Gasteiger partial charge on any atom is 0.255 e. The van der Waals surface area contributed by atoms with Crippen LogP contribution in [0.15, 0.2) is 11.1 Å². The molecule has 0 atom stereocenters. The van der Waals surface area contributed by atoms with Crippen molar-refractivity contribution in [2.24, 2.45) is 12.2 Å². The third-order valence-corrected chi connectivity index (χ3v) is 2.28. The van der Waals surface area contributed by atoms with Crippen LogP contribution in [0.1, 0.15) is 0 Å². The Morgan fingerprint density at radius 2 is 2.25 bits per heavy atom. The molecule has 0 radical (unpaired) electrons. The number of nitrogens with zero attached hydrogens (tertiary/aromatic N) is 2. The van der Waals surface area contributed by atoms with Gasteiger partial charge in [-0.1, -0.05) is 0 Å². The summed E-state index contributed by atoms with van der Waals surface area (Å²) in [5.74, 6) is 0.224. The molecule has 0 amide bonds. The van der Waals surface area contributed by atoms with Crippen molar-refractivity contribution >= 4 is 10.0 Å². The molecular formula is C5H9N3O3S. The van der Waals surface area contributed by atoms with E-state index in [9.17, 15) is 8.42 Å². The first kappa shape index (κ1) is 9.01. The fourth-order valence-corrected chi connectivity index (χ4v) is 1.47. The van der Waals surface area contributed by atoms with E-state index in [0.717, 1.165) is 4.68 Å². The number of hydrogen-bond donors (Lipinski definition) is 1. The summed E-state index contributed by atoms with van der Waals surface area (Å²) in [6, 6.07) is 1.26. The highest BCUT2D eigenvalue weighted by atomic mass is 32.2. The molecule has 1 rings (SSSR count). The lowest BCUT2D eigenvalue weighted by Gasteiger charge is -1.94. The molecule has 12 heavy (non-hydrogen) atoms. The van der Waals surface area contributed by atoms with Gasteiger partial charge < -0.3 is 4.74 Å². The number of aromatic nitrogens is 2. The zero-order chi connectivity index (χ0) is 9.35. The van der Waals surface area contributed by atoms with Crippen LogP contribution in [0.4, 0.5) is 0 Å². The largest absolute Gasteiger partial charge is 0.480 e. The predicted octanol–water partition coefficient (Wildman–Crippen LogP) is -0.924. The first-order chi connectivity index (χ1) is 5.45. The molecular weight excluding hydrogens is 182 g/mol. The highest BCUT2D eigenvalue weighted by Crippen LogP contribution is 2.13. The van der Waals surface area contributed by atoms with Crippen LogP contribution in [-0.2, 0) is 17.1 Å². The van der Waals surface area contributed by atoms with E-state index in [-0.39, 0.29) is 10.9 Å². The van der Waals surface area contributed by atoms with Crippen LogP contribution in [-0.4, -0.2) is 25.3 Å². The number of ether oxygens (including phenoxy) is 1. The number of sulfonamides is 1. The van der Waals surface area contributed by atoms with E-state index in [2.05, 4.69) is 5.10 Å². The molecule has 0 aliphatic rings. The van der Waals surface area contributed by atoms with E-state index in [1.807, 2.05) is 0 Å². The molecule has 1 aromatic rings. The van der Waals surface area contributed by atoms with Gasteiger partial charge in [0.2, 0.25) is 5.88 Å². The first-order valence-corrected chi connectivity index (χ1v) is 4.60. The Morgan fingerprint density at radius 3 is 2.50 bits per heavy atom. The van der Waals surface area contributed by atoms with Gasteiger partial charge in [-0.05, 0) is 0 Å². The van der Waals surface area contributed by atoms with Crippen molar-refractivity contribution in [2.75, 3.05) is 7.11 Å². The van der Waals surface area contributed by atoms with Gasteiger partial charge >= 0.3 is 0 Å². The van der Waals surface area contributed by atoms with Crippen LogP contribution < -0.4 is 9.88 Å².